The van der Waals surface area contributed by atoms with E-state index in [0.717, 1.165) is 6.42 Å². The summed E-state index contributed by atoms with van der Waals surface area (Å²) < 4.78 is 0. The maximum atomic E-state index is 6.21. The third-order valence-corrected chi connectivity index (χ3v) is 2.66. The van der Waals surface area contributed by atoms with Crippen molar-refractivity contribution in [2.45, 2.75) is 25.8 Å². The van der Waals surface area contributed by atoms with E-state index in [0.29, 0.717) is 0 Å². The first kappa shape index (κ1) is 8.52. The molecule has 68 valence electrons. The Labute approximate surface area is 79.3 Å². The van der Waals surface area contributed by atoms with Gasteiger partial charge in [0.25, 0.3) is 0 Å². The molecule has 0 amide bonds. The molecule has 0 spiro atoms. The zero-order valence-corrected chi connectivity index (χ0v) is 8.17. The number of benzene rings is 1. The molecule has 1 aliphatic rings. The van der Waals surface area contributed by atoms with Crippen LogP contribution in [-0.4, -0.2) is 0 Å². The van der Waals surface area contributed by atoms with E-state index in [1.807, 2.05) is 0 Å². The number of rotatable bonds is 0. The number of hydrogen-bond acceptors (Lipinski definition) is 1. The molecule has 1 unspecified atom stereocenters. The van der Waals surface area contributed by atoms with Crippen LogP contribution in [0.2, 0.25) is 0 Å². The first-order chi connectivity index (χ1) is 6.09. The molecule has 13 heavy (non-hydrogen) atoms. The standard InChI is InChI=1S/C12H15N/c1-9-5-6-10-4-3-7-12(2,13)11(10)8-9/h3-6,8H,7,13H2,1-2H3. The summed E-state index contributed by atoms with van der Waals surface area (Å²) in [6.07, 6.45) is 5.24. The third-order valence-electron chi connectivity index (χ3n) is 2.66. The minimum absolute atomic E-state index is 0.184. The quantitative estimate of drug-likeness (QED) is 0.641. The zero-order chi connectivity index (χ0) is 9.47. The van der Waals surface area contributed by atoms with Crippen molar-refractivity contribution >= 4 is 6.08 Å². The van der Waals surface area contributed by atoms with E-state index in [4.69, 9.17) is 5.73 Å². The second-order valence-corrected chi connectivity index (χ2v) is 4.11. The van der Waals surface area contributed by atoms with Crippen LogP contribution in [0, 0.1) is 6.92 Å². The number of hydrogen-bond donors (Lipinski definition) is 1. The second kappa shape index (κ2) is 2.71. The van der Waals surface area contributed by atoms with E-state index >= 15 is 0 Å². The summed E-state index contributed by atoms with van der Waals surface area (Å²) in [5, 5.41) is 0. The Hall–Kier alpha value is -1.08. The lowest BCUT2D eigenvalue weighted by Crippen LogP contribution is -2.34. The average Bonchev–Trinajstić information content (AvgIpc) is 2.06. The van der Waals surface area contributed by atoms with Gasteiger partial charge in [0, 0.05) is 5.54 Å². The fourth-order valence-corrected chi connectivity index (χ4v) is 1.85. The van der Waals surface area contributed by atoms with Crippen LogP contribution in [0.3, 0.4) is 0 Å². The fraction of sp³-hybridized carbons (Fsp3) is 0.333. The maximum absolute atomic E-state index is 6.21. The molecule has 1 heteroatoms. The zero-order valence-electron chi connectivity index (χ0n) is 8.17. The second-order valence-electron chi connectivity index (χ2n) is 4.11. The van der Waals surface area contributed by atoms with Gasteiger partial charge in [-0.1, -0.05) is 35.9 Å². The van der Waals surface area contributed by atoms with E-state index in [1.54, 1.807) is 0 Å². The van der Waals surface area contributed by atoms with Crippen LogP contribution in [0.1, 0.15) is 30.0 Å². The Morgan fingerprint density at radius 1 is 1.38 bits per heavy atom. The van der Waals surface area contributed by atoms with Crippen LogP contribution in [0.15, 0.2) is 24.3 Å². The van der Waals surface area contributed by atoms with Gasteiger partial charge >= 0.3 is 0 Å². The molecule has 0 saturated heterocycles. The summed E-state index contributed by atoms with van der Waals surface area (Å²) in [4.78, 5) is 0. The molecule has 0 heterocycles. The molecule has 1 aromatic rings. The van der Waals surface area contributed by atoms with Crippen LogP contribution < -0.4 is 5.73 Å². The van der Waals surface area contributed by atoms with Gasteiger partial charge in [-0.05, 0) is 31.4 Å². The Balaban J connectivity index is 2.62. The monoisotopic (exact) mass is 173 g/mol. The normalized spacial score (nSPS) is 25.8. The highest BCUT2D eigenvalue weighted by atomic mass is 14.7. The summed E-state index contributed by atoms with van der Waals surface area (Å²) in [6.45, 7) is 4.20. The van der Waals surface area contributed by atoms with Gasteiger partial charge in [-0.15, -0.1) is 0 Å². The fourth-order valence-electron chi connectivity index (χ4n) is 1.85. The molecule has 1 atom stereocenters. The minimum Gasteiger partial charge on any atom is -0.321 e. The summed E-state index contributed by atoms with van der Waals surface area (Å²) in [7, 11) is 0. The van der Waals surface area contributed by atoms with Crippen LogP contribution in [0.4, 0.5) is 0 Å². The van der Waals surface area contributed by atoms with E-state index in [2.05, 4.69) is 44.2 Å². The maximum Gasteiger partial charge on any atom is 0.0422 e. The summed E-state index contributed by atoms with van der Waals surface area (Å²) in [6, 6.07) is 6.47. The molecular formula is C12H15N. The molecule has 0 aliphatic heterocycles. The van der Waals surface area contributed by atoms with Gasteiger partial charge in [0.2, 0.25) is 0 Å². The van der Waals surface area contributed by atoms with Crippen molar-refractivity contribution in [2.24, 2.45) is 5.73 Å². The van der Waals surface area contributed by atoms with Crippen molar-refractivity contribution in [1.82, 2.24) is 0 Å². The lowest BCUT2D eigenvalue weighted by atomic mass is 9.82. The topological polar surface area (TPSA) is 26.0 Å². The summed E-state index contributed by atoms with van der Waals surface area (Å²) >= 11 is 0. The minimum atomic E-state index is -0.184. The van der Waals surface area contributed by atoms with Crippen molar-refractivity contribution in [2.75, 3.05) is 0 Å². The molecule has 0 bridgehead atoms. The first-order valence-electron chi connectivity index (χ1n) is 4.66. The molecule has 0 radical (unpaired) electrons. The third kappa shape index (κ3) is 1.40. The highest BCUT2D eigenvalue weighted by Gasteiger charge is 2.24. The van der Waals surface area contributed by atoms with E-state index in [-0.39, 0.29) is 5.54 Å². The van der Waals surface area contributed by atoms with Crippen molar-refractivity contribution in [3.05, 3.63) is 41.0 Å². The SMILES string of the molecule is Cc1ccc2c(c1)C(C)(N)CC=C2. The summed E-state index contributed by atoms with van der Waals surface area (Å²) in [5.41, 5.74) is 9.84. The van der Waals surface area contributed by atoms with Crippen LogP contribution in [-0.2, 0) is 5.54 Å². The molecule has 2 rings (SSSR count). The molecule has 1 nitrogen and oxygen atoms in total. The van der Waals surface area contributed by atoms with Crippen LogP contribution >= 0.6 is 0 Å². The van der Waals surface area contributed by atoms with Crippen LogP contribution in [0.5, 0.6) is 0 Å². The molecule has 2 N–H and O–H groups in total. The van der Waals surface area contributed by atoms with E-state index < -0.39 is 0 Å². The van der Waals surface area contributed by atoms with Gasteiger partial charge in [-0.25, -0.2) is 0 Å². The number of aryl methyl sites for hydroxylation is 1. The van der Waals surface area contributed by atoms with Crippen molar-refractivity contribution < 1.29 is 0 Å². The molecule has 1 aromatic carbocycles. The lowest BCUT2D eigenvalue weighted by Gasteiger charge is -2.29. The largest absolute Gasteiger partial charge is 0.321 e. The highest BCUT2D eigenvalue weighted by Crippen LogP contribution is 2.31. The first-order valence-corrected chi connectivity index (χ1v) is 4.66. The van der Waals surface area contributed by atoms with Crippen molar-refractivity contribution in [1.29, 1.82) is 0 Å². The van der Waals surface area contributed by atoms with Gasteiger partial charge in [0.1, 0.15) is 0 Å². The Bertz CT molecular complexity index is 361. The molecule has 0 saturated carbocycles. The predicted molar refractivity (Wildman–Crippen MR) is 56.4 cm³/mol. The Morgan fingerprint density at radius 3 is 2.92 bits per heavy atom. The Morgan fingerprint density at radius 2 is 2.15 bits per heavy atom. The average molecular weight is 173 g/mol. The summed E-state index contributed by atoms with van der Waals surface area (Å²) in [5.74, 6) is 0. The van der Waals surface area contributed by atoms with Crippen molar-refractivity contribution in [3.8, 4) is 0 Å². The predicted octanol–water partition coefficient (Wildman–Crippen LogP) is 2.59. The molecular weight excluding hydrogens is 158 g/mol. The van der Waals surface area contributed by atoms with Gasteiger partial charge in [-0.3, -0.25) is 0 Å². The van der Waals surface area contributed by atoms with Gasteiger partial charge in [-0.2, -0.15) is 0 Å². The van der Waals surface area contributed by atoms with Gasteiger partial charge < -0.3 is 5.73 Å². The van der Waals surface area contributed by atoms with Crippen molar-refractivity contribution in [3.63, 3.8) is 0 Å². The Kier molecular flexibility index (Phi) is 1.77. The number of nitrogens with two attached hydrogens (primary N) is 1. The van der Waals surface area contributed by atoms with Gasteiger partial charge in [0.15, 0.2) is 0 Å². The molecule has 0 aromatic heterocycles. The van der Waals surface area contributed by atoms with E-state index in [9.17, 15) is 0 Å². The molecule has 1 aliphatic carbocycles. The van der Waals surface area contributed by atoms with Gasteiger partial charge in [0.05, 0.1) is 0 Å². The smallest absolute Gasteiger partial charge is 0.0422 e. The molecule has 0 fully saturated rings. The lowest BCUT2D eigenvalue weighted by molar-refractivity contribution is 0.497. The van der Waals surface area contributed by atoms with E-state index in [1.165, 1.54) is 16.7 Å². The highest BCUT2D eigenvalue weighted by molar-refractivity contribution is 5.59. The number of fused-ring (bicyclic) bond motifs is 1. The van der Waals surface area contributed by atoms with Crippen LogP contribution in [0.25, 0.3) is 6.08 Å².